The quantitative estimate of drug-likeness (QED) is 0.219. The van der Waals surface area contributed by atoms with E-state index in [0.717, 1.165) is 7.11 Å². The molecule has 20 heavy (non-hydrogen) atoms. The molecule has 0 bridgehead atoms. The molecule has 0 spiro atoms. The standard InChI is InChI=1S/C12H16N2O6/c1-19-12(18)11(17)10(16)7-4-2-3-5-8(7)20-6-9(15)14-13/h2-5,10-11,16-17H,6,13H2,1H3,(H,14,15). The molecule has 0 radical (unpaired) electrons. The molecule has 2 atom stereocenters. The van der Waals surface area contributed by atoms with E-state index in [1.165, 1.54) is 12.1 Å². The summed E-state index contributed by atoms with van der Waals surface area (Å²) in [6, 6.07) is 6.12. The third kappa shape index (κ3) is 3.92. The van der Waals surface area contributed by atoms with Crippen molar-refractivity contribution in [2.75, 3.05) is 13.7 Å². The van der Waals surface area contributed by atoms with E-state index in [-0.39, 0.29) is 17.9 Å². The molecule has 0 heterocycles. The summed E-state index contributed by atoms with van der Waals surface area (Å²) in [4.78, 5) is 22.2. The highest BCUT2D eigenvalue weighted by Gasteiger charge is 2.28. The van der Waals surface area contributed by atoms with Crippen molar-refractivity contribution >= 4 is 11.9 Å². The maximum Gasteiger partial charge on any atom is 0.337 e. The maximum atomic E-state index is 11.2. The third-order valence-corrected chi connectivity index (χ3v) is 2.50. The molecule has 0 aliphatic heterocycles. The molecule has 0 aromatic heterocycles. The number of nitrogens with two attached hydrogens (primary N) is 1. The first-order valence-electron chi connectivity index (χ1n) is 5.66. The van der Waals surface area contributed by atoms with Gasteiger partial charge in [-0.1, -0.05) is 18.2 Å². The second-order valence-corrected chi connectivity index (χ2v) is 3.81. The van der Waals surface area contributed by atoms with Gasteiger partial charge in [-0.2, -0.15) is 0 Å². The molecule has 0 aliphatic rings. The number of esters is 1. The topological polar surface area (TPSA) is 131 Å². The fourth-order valence-corrected chi connectivity index (χ4v) is 1.46. The molecule has 8 heteroatoms. The van der Waals surface area contributed by atoms with Crippen molar-refractivity contribution in [2.45, 2.75) is 12.2 Å². The van der Waals surface area contributed by atoms with E-state index in [1.54, 1.807) is 12.1 Å². The minimum absolute atomic E-state index is 0.145. The van der Waals surface area contributed by atoms with Gasteiger partial charge in [0.25, 0.3) is 5.91 Å². The van der Waals surface area contributed by atoms with Crippen LogP contribution in [0, 0.1) is 0 Å². The Morgan fingerprint density at radius 1 is 1.35 bits per heavy atom. The number of aliphatic hydroxyl groups excluding tert-OH is 2. The summed E-state index contributed by atoms with van der Waals surface area (Å²) < 4.78 is 9.50. The Labute approximate surface area is 115 Å². The van der Waals surface area contributed by atoms with Crippen LogP contribution < -0.4 is 16.0 Å². The zero-order chi connectivity index (χ0) is 15.1. The number of ether oxygens (including phenoxy) is 2. The Hall–Kier alpha value is -2.16. The number of carbonyl (C=O) groups is 2. The molecule has 0 saturated heterocycles. The van der Waals surface area contributed by atoms with Crippen molar-refractivity contribution in [1.29, 1.82) is 0 Å². The summed E-state index contributed by atoms with van der Waals surface area (Å²) >= 11 is 0. The molecule has 2 unspecified atom stereocenters. The van der Waals surface area contributed by atoms with Gasteiger partial charge >= 0.3 is 5.97 Å². The predicted octanol–water partition coefficient (Wildman–Crippen LogP) is -1.38. The van der Waals surface area contributed by atoms with E-state index in [4.69, 9.17) is 10.6 Å². The van der Waals surface area contributed by atoms with E-state index in [9.17, 15) is 19.8 Å². The van der Waals surface area contributed by atoms with E-state index in [0.29, 0.717) is 0 Å². The number of hydrazine groups is 1. The van der Waals surface area contributed by atoms with Crippen molar-refractivity contribution < 1.29 is 29.3 Å². The minimum atomic E-state index is -1.76. The summed E-state index contributed by atoms with van der Waals surface area (Å²) in [5, 5.41) is 19.5. The molecule has 110 valence electrons. The molecule has 8 nitrogen and oxygen atoms in total. The number of rotatable bonds is 6. The van der Waals surface area contributed by atoms with Crippen LogP contribution in [-0.4, -0.2) is 41.9 Å². The first kappa shape index (κ1) is 15.9. The van der Waals surface area contributed by atoms with Crippen LogP contribution in [0.1, 0.15) is 11.7 Å². The first-order valence-corrected chi connectivity index (χ1v) is 5.66. The van der Waals surface area contributed by atoms with Crippen molar-refractivity contribution in [3.63, 3.8) is 0 Å². The van der Waals surface area contributed by atoms with Gasteiger partial charge in [0.05, 0.1) is 7.11 Å². The van der Waals surface area contributed by atoms with Crippen molar-refractivity contribution in [2.24, 2.45) is 5.84 Å². The fraction of sp³-hybridized carbons (Fsp3) is 0.333. The molecule has 1 amide bonds. The molecule has 0 fully saturated rings. The molecule has 1 aromatic carbocycles. The molecule has 1 rings (SSSR count). The molecule has 5 N–H and O–H groups in total. The van der Waals surface area contributed by atoms with Crippen molar-refractivity contribution in [1.82, 2.24) is 5.43 Å². The Morgan fingerprint density at radius 3 is 2.60 bits per heavy atom. The lowest BCUT2D eigenvalue weighted by Gasteiger charge is -2.19. The van der Waals surface area contributed by atoms with E-state index >= 15 is 0 Å². The highest BCUT2D eigenvalue weighted by molar-refractivity contribution is 5.77. The van der Waals surface area contributed by atoms with Crippen molar-refractivity contribution in [3.05, 3.63) is 29.8 Å². The largest absolute Gasteiger partial charge is 0.483 e. The number of para-hydroxylation sites is 1. The Morgan fingerprint density at radius 2 is 2.00 bits per heavy atom. The Balaban J connectivity index is 2.89. The summed E-state index contributed by atoms with van der Waals surface area (Å²) in [5.74, 6) is 3.51. The van der Waals surface area contributed by atoms with Gasteiger partial charge in [0.2, 0.25) is 0 Å². The third-order valence-electron chi connectivity index (χ3n) is 2.50. The minimum Gasteiger partial charge on any atom is -0.483 e. The summed E-state index contributed by atoms with van der Waals surface area (Å²) in [5.41, 5.74) is 2.03. The molecular formula is C12H16N2O6. The fourth-order valence-electron chi connectivity index (χ4n) is 1.46. The summed E-state index contributed by atoms with van der Waals surface area (Å²) in [6.07, 6.45) is -3.30. The van der Waals surface area contributed by atoms with Gasteiger partial charge in [-0.15, -0.1) is 0 Å². The van der Waals surface area contributed by atoms with Crippen molar-refractivity contribution in [3.8, 4) is 5.75 Å². The van der Waals surface area contributed by atoms with Gasteiger partial charge in [0.15, 0.2) is 12.7 Å². The normalized spacial score (nSPS) is 13.2. The number of aliphatic hydroxyl groups is 2. The van der Waals surface area contributed by atoms with Crippen LogP contribution in [0.15, 0.2) is 24.3 Å². The van der Waals surface area contributed by atoms with E-state index in [2.05, 4.69) is 4.74 Å². The second kappa shape index (κ2) is 7.43. The first-order chi connectivity index (χ1) is 9.51. The zero-order valence-electron chi connectivity index (χ0n) is 10.8. The number of benzene rings is 1. The summed E-state index contributed by atoms with van der Waals surface area (Å²) in [6.45, 7) is -0.367. The average molecular weight is 284 g/mol. The number of hydrogen-bond acceptors (Lipinski definition) is 7. The van der Waals surface area contributed by atoms with Crippen LogP contribution in [0.4, 0.5) is 0 Å². The van der Waals surface area contributed by atoms with E-state index in [1.807, 2.05) is 5.43 Å². The molecule has 0 saturated carbocycles. The van der Waals surface area contributed by atoms with Crippen LogP contribution >= 0.6 is 0 Å². The van der Waals surface area contributed by atoms with Crippen LogP contribution in [0.25, 0.3) is 0 Å². The smallest absolute Gasteiger partial charge is 0.337 e. The van der Waals surface area contributed by atoms with Gasteiger partial charge in [0, 0.05) is 5.56 Å². The monoisotopic (exact) mass is 284 g/mol. The second-order valence-electron chi connectivity index (χ2n) is 3.81. The molecular weight excluding hydrogens is 268 g/mol. The molecule has 0 aliphatic carbocycles. The zero-order valence-corrected chi connectivity index (χ0v) is 10.8. The lowest BCUT2D eigenvalue weighted by molar-refractivity contribution is -0.156. The SMILES string of the molecule is COC(=O)C(O)C(O)c1ccccc1OCC(=O)NN. The van der Waals surface area contributed by atoms with Crippen LogP contribution in [0.3, 0.4) is 0 Å². The lowest BCUT2D eigenvalue weighted by atomic mass is 10.0. The van der Waals surface area contributed by atoms with Crippen LogP contribution in [0.5, 0.6) is 5.75 Å². The van der Waals surface area contributed by atoms with Gasteiger partial charge < -0.3 is 19.7 Å². The number of amides is 1. The number of hydrogen-bond donors (Lipinski definition) is 4. The number of methoxy groups -OCH3 is 1. The maximum absolute atomic E-state index is 11.2. The van der Waals surface area contributed by atoms with Gasteiger partial charge in [-0.25, -0.2) is 10.6 Å². The average Bonchev–Trinajstić information content (AvgIpc) is 2.50. The predicted molar refractivity (Wildman–Crippen MR) is 67.2 cm³/mol. The van der Waals surface area contributed by atoms with Gasteiger partial charge in [0.1, 0.15) is 11.9 Å². The van der Waals surface area contributed by atoms with Gasteiger partial charge in [-0.3, -0.25) is 10.2 Å². The highest BCUT2D eigenvalue weighted by atomic mass is 16.5. The van der Waals surface area contributed by atoms with Crippen LogP contribution in [0.2, 0.25) is 0 Å². The number of nitrogens with one attached hydrogen (secondary N) is 1. The Bertz CT molecular complexity index is 479. The van der Waals surface area contributed by atoms with Gasteiger partial charge in [-0.05, 0) is 6.07 Å². The summed E-state index contributed by atoms with van der Waals surface area (Å²) in [7, 11) is 1.09. The highest BCUT2D eigenvalue weighted by Crippen LogP contribution is 2.27. The Kier molecular flexibility index (Phi) is 5.91. The van der Waals surface area contributed by atoms with E-state index < -0.39 is 24.1 Å². The number of carbonyl (C=O) groups excluding carboxylic acids is 2. The van der Waals surface area contributed by atoms with Crippen LogP contribution in [-0.2, 0) is 14.3 Å². The lowest BCUT2D eigenvalue weighted by Crippen LogP contribution is -2.34. The molecule has 1 aromatic rings.